The van der Waals surface area contributed by atoms with Gasteiger partial charge in [-0.2, -0.15) is 0 Å². The number of amides is 2. The number of nitrogens with one attached hydrogen (secondary N) is 2. The van der Waals surface area contributed by atoms with Crippen LogP contribution in [-0.4, -0.2) is 56.5 Å². The molecule has 154 valence electrons. The maximum atomic E-state index is 12.3. The largest absolute Gasteiger partial charge is 0.369 e. The molecule has 0 aromatic heterocycles. The second kappa shape index (κ2) is 9.56. The first kappa shape index (κ1) is 20.9. The van der Waals surface area contributed by atoms with Crippen molar-refractivity contribution in [2.24, 2.45) is 0 Å². The second-order valence-corrected chi connectivity index (χ2v) is 7.66. The lowest BCUT2D eigenvalue weighted by molar-refractivity contribution is -0.116. The first-order valence-electron chi connectivity index (χ1n) is 10.1. The van der Waals surface area contributed by atoms with Crippen molar-refractivity contribution in [3.8, 4) is 0 Å². The molecule has 2 aromatic rings. The fraction of sp³-hybridized carbons (Fsp3) is 0.391. The Bertz CT molecular complexity index is 873. The van der Waals surface area contributed by atoms with Crippen LogP contribution in [0, 0.1) is 13.8 Å². The first-order valence-corrected chi connectivity index (χ1v) is 10.1. The fourth-order valence-electron chi connectivity index (χ4n) is 3.57. The number of carbonyl (C=O) groups excluding carboxylic acids is 2. The molecule has 1 aliphatic heterocycles. The number of aryl methyl sites for hydroxylation is 2. The van der Waals surface area contributed by atoms with Gasteiger partial charge in [-0.1, -0.05) is 18.2 Å². The molecule has 0 saturated carbocycles. The van der Waals surface area contributed by atoms with Gasteiger partial charge in [-0.3, -0.25) is 9.59 Å². The van der Waals surface area contributed by atoms with Gasteiger partial charge >= 0.3 is 0 Å². The average Bonchev–Trinajstić information content (AvgIpc) is 2.69. The van der Waals surface area contributed by atoms with Gasteiger partial charge in [-0.25, -0.2) is 0 Å². The Kier molecular flexibility index (Phi) is 6.88. The first-order chi connectivity index (χ1) is 13.9. The normalized spacial score (nSPS) is 14.5. The highest BCUT2D eigenvalue weighted by atomic mass is 16.2. The molecule has 6 heteroatoms. The minimum Gasteiger partial charge on any atom is -0.369 e. The summed E-state index contributed by atoms with van der Waals surface area (Å²) in [5.74, 6) is -0.259. The van der Waals surface area contributed by atoms with E-state index in [0.29, 0.717) is 12.1 Å². The summed E-state index contributed by atoms with van der Waals surface area (Å²) in [6.45, 7) is 8.43. The summed E-state index contributed by atoms with van der Waals surface area (Å²) in [4.78, 5) is 29.2. The van der Waals surface area contributed by atoms with E-state index in [4.69, 9.17) is 0 Å². The van der Waals surface area contributed by atoms with Gasteiger partial charge in [0.25, 0.3) is 5.91 Å². The standard InChI is InChI=1S/C23H30N4O2/c1-17-6-4-5-7-20(17)23(29)24-11-10-22(28)25-19-8-9-21(18(2)16-19)27-14-12-26(3)13-15-27/h4-9,16H,10-15H2,1-3H3,(H,24,29)(H,25,28). The minimum atomic E-state index is -0.150. The molecule has 6 nitrogen and oxygen atoms in total. The SMILES string of the molecule is Cc1ccccc1C(=O)NCCC(=O)Nc1ccc(N2CCN(C)CC2)c(C)c1. The Morgan fingerprint density at radius 2 is 1.69 bits per heavy atom. The van der Waals surface area contributed by atoms with E-state index in [9.17, 15) is 9.59 Å². The summed E-state index contributed by atoms with van der Waals surface area (Å²) in [6, 6.07) is 13.5. The molecule has 0 bridgehead atoms. The van der Waals surface area contributed by atoms with Crippen LogP contribution in [-0.2, 0) is 4.79 Å². The zero-order valence-electron chi connectivity index (χ0n) is 17.5. The molecule has 0 atom stereocenters. The van der Waals surface area contributed by atoms with Crippen molar-refractivity contribution in [1.29, 1.82) is 0 Å². The highest BCUT2D eigenvalue weighted by Gasteiger charge is 2.16. The van der Waals surface area contributed by atoms with Crippen LogP contribution in [0.4, 0.5) is 11.4 Å². The lowest BCUT2D eigenvalue weighted by atomic mass is 10.1. The molecule has 2 aromatic carbocycles. The van der Waals surface area contributed by atoms with E-state index in [1.807, 2.05) is 37.3 Å². The smallest absolute Gasteiger partial charge is 0.251 e. The number of carbonyl (C=O) groups is 2. The lowest BCUT2D eigenvalue weighted by Crippen LogP contribution is -2.44. The maximum absolute atomic E-state index is 12.3. The zero-order valence-corrected chi connectivity index (χ0v) is 17.5. The monoisotopic (exact) mass is 394 g/mol. The fourth-order valence-corrected chi connectivity index (χ4v) is 3.57. The molecule has 2 N–H and O–H groups in total. The quantitative estimate of drug-likeness (QED) is 0.791. The van der Waals surface area contributed by atoms with Crippen LogP contribution < -0.4 is 15.5 Å². The van der Waals surface area contributed by atoms with E-state index in [1.54, 1.807) is 6.07 Å². The Morgan fingerprint density at radius 3 is 2.38 bits per heavy atom. The maximum Gasteiger partial charge on any atom is 0.251 e. The summed E-state index contributed by atoms with van der Waals surface area (Å²) in [5, 5.41) is 5.74. The molecular weight excluding hydrogens is 364 g/mol. The predicted molar refractivity (Wildman–Crippen MR) is 118 cm³/mol. The van der Waals surface area contributed by atoms with Crippen LogP contribution in [0.15, 0.2) is 42.5 Å². The third-order valence-electron chi connectivity index (χ3n) is 5.35. The molecule has 29 heavy (non-hydrogen) atoms. The summed E-state index contributed by atoms with van der Waals surface area (Å²) in [7, 11) is 2.15. The van der Waals surface area contributed by atoms with Crippen LogP contribution in [0.2, 0.25) is 0 Å². The number of rotatable bonds is 6. The summed E-state index contributed by atoms with van der Waals surface area (Å²) < 4.78 is 0. The van der Waals surface area contributed by atoms with E-state index in [0.717, 1.165) is 43.0 Å². The molecule has 0 unspecified atom stereocenters. The van der Waals surface area contributed by atoms with E-state index in [-0.39, 0.29) is 18.2 Å². The van der Waals surface area contributed by atoms with Gasteiger partial charge < -0.3 is 20.4 Å². The summed E-state index contributed by atoms with van der Waals surface area (Å²) in [6.07, 6.45) is 0.233. The van der Waals surface area contributed by atoms with E-state index < -0.39 is 0 Å². The van der Waals surface area contributed by atoms with Crippen molar-refractivity contribution in [2.75, 3.05) is 50.0 Å². The highest BCUT2D eigenvalue weighted by molar-refractivity contribution is 5.96. The van der Waals surface area contributed by atoms with Crippen molar-refractivity contribution < 1.29 is 9.59 Å². The van der Waals surface area contributed by atoms with Gasteiger partial charge in [0.2, 0.25) is 5.91 Å². The Hall–Kier alpha value is -2.86. The molecule has 1 heterocycles. The van der Waals surface area contributed by atoms with Gasteiger partial charge in [0, 0.05) is 56.1 Å². The molecule has 2 amide bonds. The van der Waals surface area contributed by atoms with Crippen LogP contribution in [0.25, 0.3) is 0 Å². The molecule has 0 aliphatic carbocycles. The van der Waals surface area contributed by atoms with Crippen molar-refractivity contribution in [1.82, 2.24) is 10.2 Å². The Labute approximate surface area is 172 Å². The van der Waals surface area contributed by atoms with Gasteiger partial charge in [0.15, 0.2) is 0 Å². The van der Waals surface area contributed by atoms with Gasteiger partial charge in [-0.15, -0.1) is 0 Å². The van der Waals surface area contributed by atoms with Gasteiger partial charge in [-0.05, 0) is 56.3 Å². The molecule has 1 fully saturated rings. The Morgan fingerprint density at radius 1 is 0.966 bits per heavy atom. The van der Waals surface area contributed by atoms with Crippen LogP contribution in [0.3, 0.4) is 0 Å². The molecule has 3 rings (SSSR count). The van der Waals surface area contributed by atoms with Gasteiger partial charge in [0.05, 0.1) is 0 Å². The molecule has 0 spiro atoms. The highest BCUT2D eigenvalue weighted by Crippen LogP contribution is 2.24. The molecule has 0 radical (unpaired) electrons. The van der Waals surface area contributed by atoms with Crippen molar-refractivity contribution in [3.63, 3.8) is 0 Å². The lowest BCUT2D eigenvalue weighted by Gasteiger charge is -2.35. The van der Waals surface area contributed by atoms with Crippen molar-refractivity contribution in [3.05, 3.63) is 59.2 Å². The summed E-state index contributed by atoms with van der Waals surface area (Å²) >= 11 is 0. The second-order valence-electron chi connectivity index (χ2n) is 7.66. The van der Waals surface area contributed by atoms with Crippen LogP contribution in [0.1, 0.15) is 27.9 Å². The minimum absolute atomic E-state index is 0.109. The number of likely N-dealkylation sites (N-methyl/N-ethyl adjacent to an activating group) is 1. The van der Waals surface area contributed by atoms with E-state index >= 15 is 0 Å². The third-order valence-corrected chi connectivity index (χ3v) is 5.35. The van der Waals surface area contributed by atoms with E-state index in [1.165, 1.54) is 5.69 Å². The molecular formula is C23H30N4O2. The summed E-state index contributed by atoms with van der Waals surface area (Å²) in [5.41, 5.74) is 4.73. The van der Waals surface area contributed by atoms with Crippen LogP contribution >= 0.6 is 0 Å². The number of hydrogen-bond acceptors (Lipinski definition) is 4. The zero-order chi connectivity index (χ0) is 20.8. The number of hydrogen-bond donors (Lipinski definition) is 2. The van der Waals surface area contributed by atoms with Crippen molar-refractivity contribution in [2.45, 2.75) is 20.3 Å². The predicted octanol–water partition coefficient (Wildman–Crippen LogP) is 2.81. The number of anilines is 2. The number of piperazine rings is 1. The third kappa shape index (κ3) is 5.57. The number of nitrogens with zero attached hydrogens (tertiary/aromatic N) is 2. The van der Waals surface area contributed by atoms with E-state index in [2.05, 4.69) is 40.5 Å². The molecule has 1 saturated heterocycles. The topological polar surface area (TPSA) is 64.7 Å². The van der Waals surface area contributed by atoms with Crippen LogP contribution in [0.5, 0.6) is 0 Å². The number of benzene rings is 2. The Balaban J connectivity index is 1.48. The molecule has 1 aliphatic rings. The van der Waals surface area contributed by atoms with Gasteiger partial charge in [0.1, 0.15) is 0 Å². The average molecular weight is 395 g/mol. The van der Waals surface area contributed by atoms with Crippen molar-refractivity contribution >= 4 is 23.2 Å².